The molecule has 2 rings (SSSR count). The smallest absolute Gasteiger partial charge is 0.223 e. The number of rotatable bonds is 6. The molecule has 0 aromatic heterocycles. The van der Waals surface area contributed by atoms with Gasteiger partial charge in [0.15, 0.2) is 0 Å². The number of benzene rings is 1. The van der Waals surface area contributed by atoms with E-state index < -0.39 is 0 Å². The first-order chi connectivity index (χ1) is 10.1. The maximum atomic E-state index is 11.8. The average Bonchev–Trinajstić information content (AvgIpc) is 2.48. The van der Waals surface area contributed by atoms with Gasteiger partial charge in [-0.1, -0.05) is 6.92 Å². The van der Waals surface area contributed by atoms with Gasteiger partial charge in [0.25, 0.3) is 0 Å². The highest BCUT2D eigenvalue weighted by Crippen LogP contribution is 2.28. The molecule has 1 aliphatic heterocycles. The zero-order chi connectivity index (χ0) is 15.1. The van der Waals surface area contributed by atoms with Gasteiger partial charge in [-0.15, -0.1) is 0 Å². The van der Waals surface area contributed by atoms with E-state index in [1.165, 1.54) is 0 Å². The third-order valence-electron chi connectivity index (χ3n) is 3.89. The summed E-state index contributed by atoms with van der Waals surface area (Å²) in [6, 6.07) is 7.16. The first-order valence-corrected chi connectivity index (χ1v) is 7.40. The van der Waals surface area contributed by atoms with Crippen LogP contribution in [0.3, 0.4) is 0 Å². The van der Waals surface area contributed by atoms with Gasteiger partial charge in [0.1, 0.15) is 5.75 Å². The van der Waals surface area contributed by atoms with E-state index >= 15 is 0 Å². The molecule has 1 aromatic carbocycles. The molecular formula is C16H24N2O3. The molecule has 1 saturated heterocycles. The molecule has 1 aliphatic rings. The van der Waals surface area contributed by atoms with Crippen molar-refractivity contribution in [3.8, 4) is 5.75 Å². The number of nitrogens with two attached hydrogens (primary N) is 1. The van der Waals surface area contributed by atoms with Crippen LogP contribution in [0.1, 0.15) is 26.2 Å². The van der Waals surface area contributed by atoms with Gasteiger partial charge in [0, 0.05) is 25.4 Å². The Hall–Kier alpha value is -1.75. The number of carbonyl (C=O) groups is 1. The lowest BCUT2D eigenvalue weighted by Gasteiger charge is -2.33. The van der Waals surface area contributed by atoms with Gasteiger partial charge >= 0.3 is 0 Å². The fourth-order valence-electron chi connectivity index (χ4n) is 2.27. The molecule has 3 N–H and O–H groups in total. The Morgan fingerprint density at radius 2 is 2.00 bits per heavy atom. The quantitative estimate of drug-likeness (QED) is 0.786. The molecule has 1 heterocycles. The molecule has 0 aliphatic carbocycles. The Labute approximate surface area is 125 Å². The summed E-state index contributed by atoms with van der Waals surface area (Å²) in [5.74, 6) is 0.756. The normalized spacial score (nSPS) is 17.2. The maximum absolute atomic E-state index is 11.8. The second-order valence-electron chi connectivity index (χ2n) is 5.87. The molecule has 0 radical (unpaired) electrons. The van der Waals surface area contributed by atoms with Crippen molar-refractivity contribution in [2.24, 2.45) is 5.41 Å². The van der Waals surface area contributed by atoms with E-state index in [4.69, 9.17) is 15.2 Å². The molecule has 0 spiro atoms. The summed E-state index contributed by atoms with van der Waals surface area (Å²) >= 11 is 0. The lowest BCUT2D eigenvalue weighted by Crippen LogP contribution is -2.39. The molecule has 1 aromatic rings. The molecule has 21 heavy (non-hydrogen) atoms. The third kappa shape index (κ3) is 5.27. The van der Waals surface area contributed by atoms with Gasteiger partial charge in [0.05, 0.1) is 13.0 Å². The van der Waals surface area contributed by atoms with Crippen LogP contribution in [0.15, 0.2) is 24.3 Å². The van der Waals surface area contributed by atoms with Gasteiger partial charge in [-0.05, 0) is 42.5 Å². The summed E-state index contributed by atoms with van der Waals surface area (Å²) in [5, 5.41) is 2.99. The molecule has 0 bridgehead atoms. The second kappa shape index (κ2) is 7.31. The molecule has 0 unspecified atom stereocenters. The number of nitrogen functional groups attached to an aromatic ring is 1. The van der Waals surface area contributed by atoms with Crippen molar-refractivity contribution in [1.82, 2.24) is 5.32 Å². The second-order valence-corrected chi connectivity index (χ2v) is 5.87. The lowest BCUT2D eigenvalue weighted by atomic mass is 9.82. The lowest BCUT2D eigenvalue weighted by molar-refractivity contribution is -0.122. The van der Waals surface area contributed by atoms with Crippen LogP contribution in [0.2, 0.25) is 0 Å². The predicted molar refractivity (Wildman–Crippen MR) is 82.1 cm³/mol. The minimum absolute atomic E-state index is 0.0261. The highest BCUT2D eigenvalue weighted by atomic mass is 16.5. The van der Waals surface area contributed by atoms with Crippen LogP contribution >= 0.6 is 0 Å². The van der Waals surface area contributed by atoms with E-state index in [0.29, 0.717) is 25.3 Å². The van der Waals surface area contributed by atoms with Crippen LogP contribution in [0.25, 0.3) is 0 Å². The molecule has 1 fully saturated rings. The number of ether oxygens (including phenoxy) is 2. The Kier molecular flexibility index (Phi) is 5.44. The minimum atomic E-state index is 0.0261. The standard InChI is InChI=1S/C16H24N2O3/c1-16(7-10-20-11-8-16)12-18-15(19)6-9-21-14-4-2-13(17)3-5-14/h2-5H,6-12,17H2,1H3,(H,18,19). The van der Waals surface area contributed by atoms with E-state index in [2.05, 4.69) is 12.2 Å². The van der Waals surface area contributed by atoms with E-state index in [1.54, 1.807) is 24.3 Å². The number of hydrogen-bond acceptors (Lipinski definition) is 4. The summed E-state index contributed by atoms with van der Waals surface area (Å²) in [4.78, 5) is 11.8. The van der Waals surface area contributed by atoms with Gasteiger partial charge in [0.2, 0.25) is 5.91 Å². The topological polar surface area (TPSA) is 73.6 Å². The van der Waals surface area contributed by atoms with Crippen LogP contribution in [-0.2, 0) is 9.53 Å². The average molecular weight is 292 g/mol. The largest absolute Gasteiger partial charge is 0.493 e. The minimum Gasteiger partial charge on any atom is -0.493 e. The SMILES string of the molecule is CC1(CNC(=O)CCOc2ccc(N)cc2)CCOCC1. The Balaban J connectivity index is 1.64. The Bertz CT molecular complexity index is 453. The van der Waals surface area contributed by atoms with E-state index in [1.807, 2.05) is 0 Å². The zero-order valence-electron chi connectivity index (χ0n) is 12.6. The Morgan fingerprint density at radius 3 is 2.67 bits per heavy atom. The molecule has 1 amide bonds. The van der Waals surface area contributed by atoms with Crippen molar-refractivity contribution in [3.63, 3.8) is 0 Å². The number of anilines is 1. The first-order valence-electron chi connectivity index (χ1n) is 7.40. The highest BCUT2D eigenvalue weighted by molar-refractivity contribution is 5.76. The molecular weight excluding hydrogens is 268 g/mol. The number of hydrogen-bond donors (Lipinski definition) is 2. The monoisotopic (exact) mass is 292 g/mol. The van der Waals surface area contributed by atoms with Crippen molar-refractivity contribution in [3.05, 3.63) is 24.3 Å². The Morgan fingerprint density at radius 1 is 1.33 bits per heavy atom. The molecule has 0 atom stereocenters. The van der Waals surface area contributed by atoms with Crippen molar-refractivity contribution < 1.29 is 14.3 Å². The van der Waals surface area contributed by atoms with E-state index in [0.717, 1.165) is 31.8 Å². The highest BCUT2D eigenvalue weighted by Gasteiger charge is 2.27. The molecule has 5 heteroatoms. The van der Waals surface area contributed by atoms with Crippen LogP contribution in [0, 0.1) is 5.41 Å². The van der Waals surface area contributed by atoms with Gasteiger partial charge in [-0.2, -0.15) is 0 Å². The van der Waals surface area contributed by atoms with Crippen LogP contribution in [0.4, 0.5) is 5.69 Å². The fourth-order valence-corrected chi connectivity index (χ4v) is 2.27. The summed E-state index contributed by atoms with van der Waals surface area (Å²) in [6.45, 7) is 4.84. The zero-order valence-corrected chi connectivity index (χ0v) is 12.6. The maximum Gasteiger partial charge on any atom is 0.223 e. The van der Waals surface area contributed by atoms with Crippen LogP contribution < -0.4 is 15.8 Å². The van der Waals surface area contributed by atoms with Gasteiger partial charge in [-0.25, -0.2) is 0 Å². The van der Waals surface area contributed by atoms with Gasteiger partial charge < -0.3 is 20.5 Å². The van der Waals surface area contributed by atoms with Crippen LogP contribution in [-0.4, -0.2) is 32.3 Å². The number of amides is 1. The van der Waals surface area contributed by atoms with Crippen LogP contribution in [0.5, 0.6) is 5.75 Å². The van der Waals surface area contributed by atoms with Crippen molar-refractivity contribution in [2.75, 3.05) is 32.1 Å². The summed E-state index contributed by atoms with van der Waals surface area (Å²) in [7, 11) is 0. The van der Waals surface area contributed by atoms with E-state index in [-0.39, 0.29) is 11.3 Å². The summed E-state index contributed by atoms with van der Waals surface area (Å²) in [6.07, 6.45) is 2.35. The summed E-state index contributed by atoms with van der Waals surface area (Å²) in [5.41, 5.74) is 6.46. The van der Waals surface area contributed by atoms with Crippen molar-refractivity contribution >= 4 is 11.6 Å². The molecule has 0 saturated carbocycles. The first kappa shape index (κ1) is 15.6. The molecule has 116 valence electrons. The van der Waals surface area contributed by atoms with E-state index in [9.17, 15) is 4.79 Å². The van der Waals surface area contributed by atoms with Crippen molar-refractivity contribution in [2.45, 2.75) is 26.2 Å². The third-order valence-corrected chi connectivity index (χ3v) is 3.89. The molecule has 5 nitrogen and oxygen atoms in total. The van der Waals surface area contributed by atoms with Gasteiger partial charge in [-0.3, -0.25) is 4.79 Å². The number of nitrogens with one attached hydrogen (secondary N) is 1. The van der Waals surface area contributed by atoms with Crippen molar-refractivity contribution in [1.29, 1.82) is 0 Å². The number of carbonyl (C=O) groups excluding carboxylic acids is 1. The summed E-state index contributed by atoms with van der Waals surface area (Å²) < 4.78 is 10.9. The predicted octanol–water partition coefficient (Wildman–Crippen LogP) is 1.97. The fraction of sp³-hybridized carbons (Fsp3) is 0.562.